The second kappa shape index (κ2) is 6.74. The first-order chi connectivity index (χ1) is 13.0. The van der Waals surface area contributed by atoms with Crippen molar-refractivity contribution >= 4 is 11.6 Å². The molecule has 0 aromatic heterocycles. The molecular weight excluding hydrogens is 328 g/mol. The van der Waals surface area contributed by atoms with E-state index in [0.717, 1.165) is 12.2 Å². The summed E-state index contributed by atoms with van der Waals surface area (Å²) in [7, 11) is 1.79. The van der Waals surface area contributed by atoms with Gasteiger partial charge in [0.1, 0.15) is 5.75 Å². The molecular formula is C26H26O. The van der Waals surface area contributed by atoms with Crippen molar-refractivity contribution in [2.75, 3.05) is 7.11 Å². The monoisotopic (exact) mass is 354 g/mol. The van der Waals surface area contributed by atoms with Gasteiger partial charge in [-0.1, -0.05) is 87.5 Å². The number of hydrogen-bond acceptors (Lipinski definition) is 1. The minimum Gasteiger partial charge on any atom is -0.496 e. The smallest absolute Gasteiger partial charge is 0.131 e. The van der Waals surface area contributed by atoms with E-state index in [-0.39, 0.29) is 5.41 Å². The molecule has 0 saturated carbocycles. The Morgan fingerprint density at radius 1 is 0.815 bits per heavy atom. The van der Waals surface area contributed by atoms with Gasteiger partial charge in [0, 0.05) is 11.1 Å². The number of hydrogen-bond donors (Lipinski definition) is 0. The molecule has 0 fully saturated rings. The third-order valence-electron chi connectivity index (χ3n) is 5.32. The van der Waals surface area contributed by atoms with Crippen molar-refractivity contribution in [2.24, 2.45) is 0 Å². The molecule has 0 aliphatic heterocycles. The van der Waals surface area contributed by atoms with Gasteiger partial charge in [-0.25, -0.2) is 0 Å². The van der Waals surface area contributed by atoms with Gasteiger partial charge < -0.3 is 4.74 Å². The molecule has 27 heavy (non-hydrogen) atoms. The maximum Gasteiger partial charge on any atom is 0.131 e. The minimum atomic E-state index is 0.0133. The molecule has 1 nitrogen and oxygen atoms in total. The number of benzene rings is 3. The summed E-state index contributed by atoms with van der Waals surface area (Å²) < 4.78 is 5.99. The fraction of sp³-hybridized carbons (Fsp3) is 0.231. The number of methoxy groups -OCH3 is 1. The lowest BCUT2D eigenvalue weighted by molar-refractivity contribution is 0.399. The first kappa shape index (κ1) is 17.6. The summed E-state index contributed by atoms with van der Waals surface area (Å²) in [5.74, 6) is 0.998. The van der Waals surface area contributed by atoms with Crippen LogP contribution in [0.25, 0.3) is 22.8 Å². The summed E-state index contributed by atoms with van der Waals surface area (Å²) in [4.78, 5) is 0. The second-order valence-electron chi connectivity index (χ2n) is 8.23. The molecule has 136 valence electrons. The normalized spacial score (nSPS) is 13.3. The molecule has 0 radical (unpaired) electrons. The van der Waals surface area contributed by atoms with Crippen LogP contribution >= 0.6 is 0 Å². The molecule has 3 aromatic carbocycles. The van der Waals surface area contributed by atoms with E-state index in [4.69, 9.17) is 4.74 Å². The molecule has 4 rings (SSSR count). The van der Waals surface area contributed by atoms with Gasteiger partial charge in [-0.05, 0) is 45.7 Å². The SMILES string of the molecule is COc1c(C(C)(C)C)cc2c(c1-c1ccccc1)C=C(c1ccccc1)C2. The fourth-order valence-electron chi connectivity index (χ4n) is 3.97. The lowest BCUT2D eigenvalue weighted by atomic mass is 9.81. The highest BCUT2D eigenvalue weighted by Crippen LogP contribution is 2.47. The summed E-state index contributed by atoms with van der Waals surface area (Å²) in [5.41, 5.74) is 9.06. The third-order valence-corrected chi connectivity index (χ3v) is 5.32. The summed E-state index contributed by atoms with van der Waals surface area (Å²) in [6.45, 7) is 6.77. The van der Waals surface area contributed by atoms with Gasteiger partial charge in [-0.2, -0.15) is 0 Å². The number of fused-ring (bicyclic) bond motifs is 1. The van der Waals surface area contributed by atoms with E-state index in [1.165, 1.54) is 39.0 Å². The molecule has 0 bridgehead atoms. The second-order valence-corrected chi connectivity index (χ2v) is 8.23. The standard InChI is InChI=1S/C26H26O/c1-26(2,3)23-17-21-15-20(18-11-7-5-8-12-18)16-22(21)24(25(23)27-4)19-13-9-6-10-14-19/h5-14,16-17H,15H2,1-4H3. The van der Waals surface area contributed by atoms with Crippen LogP contribution in [0.5, 0.6) is 5.75 Å². The van der Waals surface area contributed by atoms with Crippen LogP contribution in [0.1, 0.15) is 43.0 Å². The molecule has 0 N–H and O–H groups in total. The summed E-state index contributed by atoms with van der Waals surface area (Å²) in [6, 6.07) is 23.7. The average Bonchev–Trinajstić information content (AvgIpc) is 3.11. The molecule has 0 amide bonds. The zero-order valence-corrected chi connectivity index (χ0v) is 16.5. The molecule has 0 heterocycles. The van der Waals surface area contributed by atoms with E-state index in [1.807, 2.05) is 0 Å². The molecule has 0 spiro atoms. The van der Waals surface area contributed by atoms with Crippen LogP contribution in [0.3, 0.4) is 0 Å². The van der Waals surface area contributed by atoms with Crippen molar-refractivity contribution in [3.63, 3.8) is 0 Å². The van der Waals surface area contributed by atoms with Crippen LogP contribution in [0.4, 0.5) is 0 Å². The quantitative estimate of drug-likeness (QED) is 0.505. The predicted octanol–water partition coefficient (Wildman–Crippen LogP) is 6.76. The first-order valence-electron chi connectivity index (χ1n) is 9.55. The van der Waals surface area contributed by atoms with Gasteiger partial charge >= 0.3 is 0 Å². The number of rotatable bonds is 3. The Bertz CT molecular complexity index is 990. The zero-order valence-electron chi connectivity index (χ0n) is 16.5. The Morgan fingerprint density at radius 2 is 1.41 bits per heavy atom. The fourth-order valence-corrected chi connectivity index (χ4v) is 3.97. The van der Waals surface area contributed by atoms with E-state index in [2.05, 4.69) is 93.6 Å². The predicted molar refractivity (Wildman–Crippen MR) is 115 cm³/mol. The first-order valence-corrected chi connectivity index (χ1v) is 9.55. The number of allylic oxidation sites excluding steroid dienone is 1. The summed E-state index contributed by atoms with van der Waals surface area (Å²) >= 11 is 0. The van der Waals surface area contributed by atoms with Crippen LogP contribution in [0, 0.1) is 0 Å². The van der Waals surface area contributed by atoms with Crippen LogP contribution in [0.15, 0.2) is 66.7 Å². The Morgan fingerprint density at radius 3 is 1.96 bits per heavy atom. The highest BCUT2D eigenvalue weighted by Gasteiger charge is 2.28. The largest absolute Gasteiger partial charge is 0.496 e. The van der Waals surface area contributed by atoms with E-state index >= 15 is 0 Å². The molecule has 1 aliphatic carbocycles. The Labute approximate surface area is 162 Å². The molecule has 0 atom stereocenters. The van der Waals surface area contributed by atoms with Crippen molar-refractivity contribution in [3.05, 3.63) is 89.0 Å². The van der Waals surface area contributed by atoms with Crippen LogP contribution in [-0.2, 0) is 11.8 Å². The van der Waals surface area contributed by atoms with Crippen LogP contribution < -0.4 is 4.74 Å². The Hall–Kier alpha value is -2.80. The molecule has 3 aromatic rings. The Kier molecular flexibility index (Phi) is 4.39. The Balaban J connectivity index is 1.98. The highest BCUT2D eigenvalue weighted by atomic mass is 16.5. The van der Waals surface area contributed by atoms with E-state index in [1.54, 1.807) is 7.11 Å². The van der Waals surface area contributed by atoms with Gasteiger partial charge in [0.25, 0.3) is 0 Å². The van der Waals surface area contributed by atoms with Gasteiger partial charge in [0.15, 0.2) is 0 Å². The highest BCUT2D eigenvalue weighted by molar-refractivity contribution is 5.96. The van der Waals surface area contributed by atoms with Crippen molar-refractivity contribution in [3.8, 4) is 16.9 Å². The zero-order chi connectivity index (χ0) is 19.0. The minimum absolute atomic E-state index is 0.0133. The average molecular weight is 354 g/mol. The third kappa shape index (κ3) is 3.19. The summed E-state index contributed by atoms with van der Waals surface area (Å²) in [6.07, 6.45) is 3.31. The van der Waals surface area contributed by atoms with Crippen molar-refractivity contribution in [1.29, 1.82) is 0 Å². The van der Waals surface area contributed by atoms with Gasteiger partial charge in [-0.15, -0.1) is 0 Å². The molecule has 1 aliphatic rings. The lowest BCUT2D eigenvalue weighted by Crippen LogP contribution is -2.14. The maximum atomic E-state index is 5.99. The van der Waals surface area contributed by atoms with E-state index in [0.29, 0.717) is 0 Å². The van der Waals surface area contributed by atoms with Crippen molar-refractivity contribution in [1.82, 2.24) is 0 Å². The number of ether oxygens (including phenoxy) is 1. The lowest BCUT2D eigenvalue weighted by Gasteiger charge is -2.26. The topological polar surface area (TPSA) is 9.23 Å². The molecule has 0 saturated heterocycles. The van der Waals surface area contributed by atoms with Gasteiger partial charge in [-0.3, -0.25) is 0 Å². The maximum absolute atomic E-state index is 5.99. The van der Waals surface area contributed by atoms with Gasteiger partial charge in [0.05, 0.1) is 7.11 Å². The van der Waals surface area contributed by atoms with Gasteiger partial charge in [0.2, 0.25) is 0 Å². The van der Waals surface area contributed by atoms with Crippen LogP contribution in [-0.4, -0.2) is 7.11 Å². The van der Waals surface area contributed by atoms with Crippen LogP contribution in [0.2, 0.25) is 0 Å². The molecule has 0 unspecified atom stereocenters. The van der Waals surface area contributed by atoms with E-state index < -0.39 is 0 Å². The van der Waals surface area contributed by atoms with E-state index in [9.17, 15) is 0 Å². The van der Waals surface area contributed by atoms with Crippen molar-refractivity contribution < 1.29 is 4.74 Å². The summed E-state index contributed by atoms with van der Waals surface area (Å²) in [5, 5.41) is 0. The van der Waals surface area contributed by atoms with Crippen molar-refractivity contribution in [2.45, 2.75) is 32.6 Å². The molecule has 1 heteroatoms.